The van der Waals surface area contributed by atoms with Gasteiger partial charge in [0.25, 0.3) is 0 Å². The highest BCUT2D eigenvalue weighted by Gasteiger charge is 2.26. The first kappa shape index (κ1) is 36.4. The smallest absolute Gasteiger partial charge is 0.219 e. The second kappa shape index (κ2) is 24.4. The lowest BCUT2D eigenvalue weighted by Crippen LogP contribution is -3.00. The lowest BCUT2D eigenvalue weighted by Gasteiger charge is -2.30. The predicted molar refractivity (Wildman–Crippen MR) is 154 cm³/mol. The third kappa shape index (κ3) is 21.9. The quantitative estimate of drug-likeness (QED) is 0.152. The maximum Gasteiger partial charge on any atom is 0.219 e. The summed E-state index contributed by atoms with van der Waals surface area (Å²) in [7, 11) is 4.26. The number of nitrogens with one attached hydrogen (secondary N) is 2. The number of quaternary nitrogens is 1. The summed E-state index contributed by atoms with van der Waals surface area (Å²) in [6, 6.07) is 0.0412. The van der Waals surface area contributed by atoms with Crippen LogP contribution in [0.2, 0.25) is 0 Å². The van der Waals surface area contributed by atoms with E-state index in [1.807, 2.05) is 0 Å². The number of nitrogens with zero attached hydrogens (tertiary/aromatic N) is 1. The fourth-order valence-electron chi connectivity index (χ4n) is 5.39. The van der Waals surface area contributed by atoms with Gasteiger partial charge in [0.05, 0.1) is 26.7 Å². The molecule has 0 aromatic heterocycles. The van der Waals surface area contributed by atoms with E-state index in [4.69, 9.17) is 0 Å². The number of rotatable bonds is 23. The Morgan fingerprint density at radius 2 is 1.30 bits per heavy atom. The van der Waals surface area contributed by atoms with Crippen LogP contribution in [0.25, 0.3) is 0 Å². The maximum atomic E-state index is 12.7. The van der Waals surface area contributed by atoms with Crippen molar-refractivity contribution in [3.8, 4) is 0 Å². The van der Waals surface area contributed by atoms with Crippen molar-refractivity contribution in [2.45, 2.75) is 148 Å². The van der Waals surface area contributed by atoms with E-state index >= 15 is 0 Å². The Bertz CT molecular complexity index is 549. The van der Waals surface area contributed by atoms with Gasteiger partial charge >= 0.3 is 0 Å². The Kier molecular flexibility index (Phi) is 24.0. The fraction of sp³-hybridized carbons (Fsp3) is 0.935. The average molecular weight is 544 g/mol. The van der Waals surface area contributed by atoms with E-state index in [9.17, 15) is 9.59 Å². The standard InChI is InChI=1S/C31H61N3O2.ClH/c1-4-5-6-7-8-9-10-11-12-13-14-15-16-17-20-24-31(36)33-26-22-27-34(2,3)28-30(35)29-23-19-18-21-25-32-29;/h29,32H,4-28H2,1-3H3;1H. The summed E-state index contributed by atoms with van der Waals surface area (Å²) in [5.41, 5.74) is 0. The van der Waals surface area contributed by atoms with Crippen LogP contribution in [0.15, 0.2) is 0 Å². The molecule has 0 spiro atoms. The number of halogens is 1. The molecule has 0 aromatic carbocycles. The molecule has 37 heavy (non-hydrogen) atoms. The second-order valence-electron chi connectivity index (χ2n) is 12.0. The van der Waals surface area contributed by atoms with Gasteiger partial charge in [0.2, 0.25) is 11.7 Å². The summed E-state index contributed by atoms with van der Waals surface area (Å²) < 4.78 is 0.700. The molecule has 1 rings (SSSR count). The fourth-order valence-corrected chi connectivity index (χ4v) is 5.39. The number of hydrogen-bond donors (Lipinski definition) is 2. The van der Waals surface area contributed by atoms with Gasteiger partial charge in [-0.25, -0.2) is 0 Å². The molecule has 1 aliphatic heterocycles. The minimum absolute atomic E-state index is 0. The van der Waals surface area contributed by atoms with Gasteiger partial charge in [-0.05, 0) is 25.8 Å². The van der Waals surface area contributed by atoms with Crippen molar-refractivity contribution < 1.29 is 26.5 Å². The van der Waals surface area contributed by atoms with Gasteiger partial charge in [-0.2, -0.15) is 0 Å². The molecule has 0 aliphatic carbocycles. The van der Waals surface area contributed by atoms with Gasteiger partial charge in [0, 0.05) is 19.4 Å². The summed E-state index contributed by atoms with van der Waals surface area (Å²) >= 11 is 0. The van der Waals surface area contributed by atoms with E-state index in [2.05, 4.69) is 31.7 Å². The van der Waals surface area contributed by atoms with E-state index in [0.29, 0.717) is 23.2 Å². The van der Waals surface area contributed by atoms with Crippen molar-refractivity contribution >= 4 is 11.7 Å². The molecule has 0 aromatic rings. The second-order valence-corrected chi connectivity index (χ2v) is 12.0. The molecule has 0 radical (unpaired) electrons. The Morgan fingerprint density at radius 1 is 0.757 bits per heavy atom. The summed E-state index contributed by atoms with van der Waals surface area (Å²) in [5, 5.41) is 6.51. The van der Waals surface area contributed by atoms with E-state index in [1.165, 1.54) is 103 Å². The molecule has 220 valence electrons. The normalized spacial score (nSPS) is 16.1. The van der Waals surface area contributed by atoms with Crippen LogP contribution >= 0.6 is 0 Å². The Balaban J connectivity index is 0.0000130. The molecule has 6 heteroatoms. The Hall–Kier alpha value is -0.650. The monoisotopic (exact) mass is 543 g/mol. The first-order valence-corrected chi connectivity index (χ1v) is 15.8. The maximum absolute atomic E-state index is 12.7. The molecule has 0 saturated carbocycles. The minimum Gasteiger partial charge on any atom is -1.00 e. The van der Waals surface area contributed by atoms with E-state index in [0.717, 1.165) is 45.3 Å². The predicted octanol–water partition coefficient (Wildman–Crippen LogP) is 3.94. The van der Waals surface area contributed by atoms with E-state index in [-0.39, 0.29) is 24.4 Å². The van der Waals surface area contributed by atoms with Crippen molar-refractivity contribution in [3.05, 3.63) is 0 Å². The molecule has 1 atom stereocenters. The largest absolute Gasteiger partial charge is 1.00 e. The average Bonchev–Trinajstić information content (AvgIpc) is 3.14. The molecular formula is C31H62ClN3O2. The molecule has 1 unspecified atom stereocenters. The first-order valence-electron chi connectivity index (χ1n) is 15.8. The van der Waals surface area contributed by atoms with Crippen molar-refractivity contribution in [2.24, 2.45) is 0 Å². The molecule has 1 saturated heterocycles. The van der Waals surface area contributed by atoms with Crippen LogP contribution in [-0.2, 0) is 9.59 Å². The van der Waals surface area contributed by atoms with Crippen molar-refractivity contribution in [1.29, 1.82) is 0 Å². The SMILES string of the molecule is CCCCCCCCCCCCCCCCCC(=O)NCCC[N+](C)(C)CC(=O)C1CCCCCN1.[Cl-]. The topological polar surface area (TPSA) is 58.2 Å². The number of Topliss-reactive ketones (excluding diaryl/α,β-unsaturated/α-hetero) is 1. The van der Waals surface area contributed by atoms with Gasteiger partial charge in [-0.3, -0.25) is 9.59 Å². The van der Waals surface area contributed by atoms with Crippen LogP contribution < -0.4 is 23.0 Å². The molecule has 1 heterocycles. The lowest BCUT2D eigenvalue weighted by molar-refractivity contribution is -0.882. The number of ketones is 1. The molecule has 2 N–H and O–H groups in total. The van der Waals surface area contributed by atoms with Crippen LogP contribution in [-0.4, -0.2) is 62.5 Å². The van der Waals surface area contributed by atoms with Crippen molar-refractivity contribution in [1.82, 2.24) is 10.6 Å². The number of hydrogen-bond acceptors (Lipinski definition) is 3. The highest BCUT2D eigenvalue weighted by molar-refractivity contribution is 5.85. The number of carbonyl (C=O) groups is 2. The van der Waals surface area contributed by atoms with Gasteiger partial charge in [-0.15, -0.1) is 0 Å². The number of unbranched alkanes of at least 4 members (excludes halogenated alkanes) is 14. The highest BCUT2D eigenvalue weighted by atomic mass is 35.5. The number of amides is 1. The highest BCUT2D eigenvalue weighted by Crippen LogP contribution is 2.14. The zero-order chi connectivity index (χ0) is 26.3. The summed E-state index contributed by atoms with van der Waals surface area (Å²) in [4.78, 5) is 24.8. The molecule has 1 aliphatic rings. The third-order valence-electron chi connectivity index (χ3n) is 7.80. The zero-order valence-corrected chi connectivity index (χ0v) is 25.7. The zero-order valence-electron chi connectivity index (χ0n) is 24.9. The van der Waals surface area contributed by atoms with Crippen LogP contribution in [0.4, 0.5) is 0 Å². The van der Waals surface area contributed by atoms with Crippen LogP contribution in [0.1, 0.15) is 142 Å². The van der Waals surface area contributed by atoms with Crippen molar-refractivity contribution in [2.75, 3.05) is 40.3 Å². The summed E-state index contributed by atoms with van der Waals surface area (Å²) in [5.74, 6) is 0.535. The third-order valence-corrected chi connectivity index (χ3v) is 7.80. The van der Waals surface area contributed by atoms with E-state index < -0.39 is 0 Å². The van der Waals surface area contributed by atoms with Gasteiger partial charge in [0.1, 0.15) is 6.54 Å². The van der Waals surface area contributed by atoms with E-state index in [1.54, 1.807) is 0 Å². The molecule has 5 nitrogen and oxygen atoms in total. The number of likely N-dealkylation sites (N-methyl/N-ethyl adjacent to an activating group) is 1. The number of carbonyl (C=O) groups excluding carboxylic acids is 2. The van der Waals surface area contributed by atoms with Gasteiger partial charge < -0.3 is 27.5 Å². The minimum atomic E-state index is 0. The molecule has 1 fully saturated rings. The lowest BCUT2D eigenvalue weighted by atomic mass is 10.0. The Morgan fingerprint density at radius 3 is 1.86 bits per heavy atom. The molecular weight excluding hydrogens is 482 g/mol. The van der Waals surface area contributed by atoms with Crippen LogP contribution in [0.5, 0.6) is 0 Å². The first-order chi connectivity index (χ1) is 17.4. The Labute approximate surface area is 236 Å². The molecule has 1 amide bonds. The van der Waals surface area contributed by atoms with Gasteiger partial charge in [0.15, 0.2) is 0 Å². The molecule has 0 bridgehead atoms. The van der Waals surface area contributed by atoms with Crippen LogP contribution in [0, 0.1) is 0 Å². The summed E-state index contributed by atoms with van der Waals surface area (Å²) in [6.45, 7) is 5.45. The van der Waals surface area contributed by atoms with Crippen molar-refractivity contribution in [3.63, 3.8) is 0 Å². The van der Waals surface area contributed by atoms with Crippen LogP contribution in [0.3, 0.4) is 0 Å². The van der Waals surface area contributed by atoms with Gasteiger partial charge in [-0.1, -0.05) is 110 Å². The summed E-state index contributed by atoms with van der Waals surface area (Å²) in [6.07, 6.45) is 26.3.